The molecule has 3 heteroatoms. The lowest BCUT2D eigenvalue weighted by atomic mass is 10.1. The van der Waals surface area contributed by atoms with E-state index in [1.165, 1.54) is 0 Å². The fourth-order valence-electron chi connectivity index (χ4n) is 2.09. The largest absolute Gasteiger partial charge is 0.364 e. The predicted molar refractivity (Wildman–Crippen MR) is 66.9 cm³/mol. The van der Waals surface area contributed by atoms with Crippen LogP contribution in [0.15, 0.2) is 24.3 Å². The van der Waals surface area contributed by atoms with E-state index in [2.05, 4.69) is 19.9 Å². The highest BCUT2D eigenvalue weighted by atomic mass is 16.2. The van der Waals surface area contributed by atoms with Gasteiger partial charge in [0.25, 0.3) is 0 Å². The second-order valence-corrected chi connectivity index (χ2v) is 4.74. The number of benzene rings is 1. The predicted octanol–water partition coefficient (Wildman–Crippen LogP) is 2.13. The Kier molecular flexibility index (Phi) is 2.86. The minimum absolute atomic E-state index is 0.190. The molecule has 3 nitrogen and oxygen atoms in total. The molecule has 1 amide bonds. The van der Waals surface area contributed by atoms with Crippen molar-refractivity contribution in [2.24, 2.45) is 5.92 Å². The first-order valence-electron chi connectivity index (χ1n) is 5.70. The van der Waals surface area contributed by atoms with Gasteiger partial charge in [-0.2, -0.15) is 0 Å². The fraction of sp³-hybridized carbons (Fsp3) is 0.462. The Hall–Kier alpha value is -1.51. The van der Waals surface area contributed by atoms with E-state index < -0.39 is 0 Å². The third kappa shape index (κ3) is 1.90. The van der Waals surface area contributed by atoms with Gasteiger partial charge in [-0.05, 0) is 18.1 Å². The number of para-hydroxylation sites is 2. The molecule has 86 valence electrons. The van der Waals surface area contributed by atoms with Crippen LogP contribution >= 0.6 is 0 Å². The molecular weight excluding hydrogens is 200 g/mol. The van der Waals surface area contributed by atoms with Crippen molar-refractivity contribution < 1.29 is 4.79 Å². The molecule has 0 N–H and O–H groups in total. The van der Waals surface area contributed by atoms with E-state index in [4.69, 9.17) is 0 Å². The molecule has 0 aliphatic carbocycles. The normalized spacial score (nSPS) is 15.6. The SMILES string of the molecule is CC(C)CN1C(=O)CN(C)c2ccccc21. The van der Waals surface area contributed by atoms with E-state index in [0.29, 0.717) is 12.5 Å². The van der Waals surface area contributed by atoms with Crippen LogP contribution in [0.25, 0.3) is 0 Å². The summed E-state index contributed by atoms with van der Waals surface area (Å²) in [6.07, 6.45) is 0. The molecule has 0 unspecified atom stereocenters. The molecule has 0 fully saturated rings. The number of carbonyl (C=O) groups excluding carboxylic acids is 1. The Morgan fingerprint density at radius 2 is 1.88 bits per heavy atom. The number of hydrogen-bond donors (Lipinski definition) is 0. The lowest BCUT2D eigenvalue weighted by Gasteiger charge is -2.36. The molecule has 1 aromatic rings. The van der Waals surface area contributed by atoms with Crippen molar-refractivity contribution in [3.8, 4) is 0 Å². The minimum Gasteiger partial charge on any atom is -0.364 e. The molecule has 0 atom stereocenters. The molecule has 0 saturated carbocycles. The Labute approximate surface area is 96.7 Å². The first kappa shape index (κ1) is 11.0. The Bertz CT molecular complexity index is 401. The summed E-state index contributed by atoms with van der Waals surface area (Å²) in [4.78, 5) is 15.9. The molecule has 1 heterocycles. The minimum atomic E-state index is 0.190. The highest BCUT2D eigenvalue weighted by Crippen LogP contribution is 2.32. The van der Waals surface area contributed by atoms with Crippen molar-refractivity contribution in [3.05, 3.63) is 24.3 Å². The van der Waals surface area contributed by atoms with Gasteiger partial charge in [-0.15, -0.1) is 0 Å². The molecule has 0 aromatic heterocycles. The quantitative estimate of drug-likeness (QED) is 0.759. The second-order valence-electron chi connectivity index (χ2n) is 4.74. The number of amides is 1. The summed E-state index contributed by atoms with van der Waals surface area (Å²) in [5, 5.41) is 0. The zero-order chi connectivity index (χ0) is 11.7. The van der Waals surface area contributed by atoms with Crippen LogP contribution in [0.4, 0.5) is 11.4 Å². The van der Waals surface area contributed by atoms with Gasteiger partial charge in [0.15, 0.2) is 0 Å². The Balaban J connectivity index is 2.39. The second kappa shape index (κ2) is 4.16. The molecule has 2 rings (SSSR count). The van der Waals surface area contributed by atoms with Crippen LogP contribution in [0.2, 0.25) is 0 Å². The first-order valence-corrected chi connectivity index (χ1v) is 5.70. The molecule has 1 aromatic carbocycles. The number of hydrogen-bond acceptors (Lipinski definition) is 2. The monoisotopic (exact) mass is 218 g/mol. The molecule has 1 aliphatic rings. The maximum absolute atomic E-state index is 12.0. The third-order valence-corrected chi connectivity index (χ3v) is 2.80. The third-order valence-electron chi connectivity index (χ3n) is 2.80. The van der Waals surface area contributed by atoms with Gasteiger partial charge in [-0.25, -0.2) is 0 Å². The van der Waals surface area contributed by atoms with Gasteiger partial charge in [0.1, 0.15) is 0 Å². The van der Waals surface area contributed by atoms with Crippen LogP contribution in [0.1, 0.15) is 13.8 Å². The number of anilines is 2. The van der Waals surface area contributed by atoms with Crippen LogP contribution in [-0.4, -0.2) is 26.0 Å². The molecule has 0 saturated heterocycles. The summed E-state index contributed by atoms with van der Waals surface area (Å²) in [6.45, 7) is 5.54. The van der Waals surface area contributed by atoms with Gasteiger partial charge in [-0.3, -0.25) is 4.79 Å². The van der Waals surface area contributed by atoms with Crippen LogP contribution in [0, 0.1) is 5.92 Å². The lowest BCUT2D eigenvalue weighted by Crippen LogP contribution is -2.45. The number of nitrogens with zero attached hydrogens (tertiary/aromatic N) is 2. The first-order chi connectivity index (χ1) is 7.59. The van der Waals surface area contributed by atoms with E-state index in [-0.39, 0.29) is 5.91 Å². The van der Waals surface area contributed by atoms with Crippen molar-refractivity contribution in [2.45, 2.75) is 13.8 Å². The van der Waals surface area contributed by atoms with Crippen molar-refractivity contribution in [2.75, 3.05) is 29.9 Å². The van der Waals surface area contributed by atoms with Gasteiger partial charge in [0.2, 0.25) is 5.91 Å². The molecule has 16 heavy (non-hydrogen) atoms. The van der Waals surface area contributed by atoms with Gasteiger partial charge >= 0.3 is 0 Å². The molecule has 0 spiro atoms. The topological polar surface area (TPSA) is 23.6 Å². The maximum atomic E-state index is 12.0. The summed E-state index contributed by atoms with van der Waals surface area (Å²) in [5.41, 5.74) is 2.18. The molecule has 1 aliphatic heterocycles. The average molecular weight is 218 g/mol. The van der Waals surface area contributed by atoms with Crippen molar-refractivity contribution in [1.82, 2.24) is 0 Å². The number of likely N-dealkylation sites (N-methyl/N-ethyl adjacent to an activating group) is 1. The smallest absolute Gasteiger partial charge is 0.246 e. The zero-order valence-electron chi connectivity index (χ0n) is 10.1. The number of carbonyl (C=O) groups is 1. The summed E-state index contributed by atoms with van der Waals surface area (Å²) in [5.74, 6) is 0.676. The summed E-state index contributed by atoms with van der Waals surface area (Å²) < 4.78 is 0. The van der Waals surface area contributed by atoms with E-state index >= 15 is 0 Å². The van der Waals surface area contributed by atoms with Gasteiger partial charge in [0.05, 0.1) is 17.9 Å². The van der Waals surface area contributed by atoms with Gasteiger partial charge in [0, 0.05) is 13.6 Å². The fourth-order valence-corrected chi connectivity index (χ4v) is 2.09. The van der Waals surface area contributed by atoms with E-state index in [1.54, 1.807) is 0 Å². The highest BCUT2D eigenvalue weighted by Gasteiger charge is 2.26. The summed E-state index contributed by atoms with van der Waals surface area (Å²) >= 11 is 0. The molecule has 0 radical (unpaired) electrons. The van der Waals surface area contributed by atoms with Crippen molar-refractivity contribution >= 4 is 17.3 Å². The summed E-state index contributed by atoms with van der Waals surface area (Å²) in [7, 11) is 1.96. The standard InChI is InChI=1S/C13H18N2O/c1-10(2)8-15-12-7-5-4-6-11(12)14(3)9-13(15)16/h4-7,10H,8-9H2,1-3H3. The van der Waals surface area contributed by atoms with Gasteiger partial charge < -0.3 is 9.80 Å². The summed E-state index contributed by atoms with van der Waals surface area (Å²) in [6, 6.07) is 8.08. The Morgan fingerprint density at radius 3 is 2.50 bits per heavy atom. The number of fused-ring (bicyclic) bond motifs is 1. The lowest BCUT2D eigenvalue weighted by molar-refractivity contribution is -0.117. The van der Waals surface area contributed by atoms with Crippen LogP contribution in [-0.2, 0) is 4.79 Å². The van der Waals surface area contributed by atoms with Crippen molar-refractivity contribution in [1.29, 1.82) is 0 Å². The van der Waals surface area contributed by atoms with Crippen LogP contribution in [0.5, 0.6) is 0 Å². The highest BCUT2D eigenvalue weighted by molar-refractivity contribution is 6.03. The van der Waals surface area contributed by atoms with Crippen molar-refractivity contribution in [3.63, 3.8) is 0 Å². The Morgan fingerprint density at radius 1 is 1.25 bits per heavy atom. The maximum Gasteiger partial charge on any atom is 0.246 e. The van der Waals surface area contributed by atoms with E-state index in [0.717, 1.165) is 17.9 Å². The van der Waals surface area contributed by atoms with E-state index in [9.17, 15) is 4.79 Å². The van der Waals surface area contributed by atoms with Gasteiger partial charge in [-0.1, -0.05) is 26.0 Å². The molecular formula is C13H18N2O. The molecule has 0 bridgehead atoms. The van der Waals surface area contributed by atoms with Crippen LogP contribution in [0.3, 0.4) is 0 Å². The van der Waals surface area contributed by atoms with E-state index in [1.807, 2.05) is 35.0 Å². The average Bonchev–Trinajstić information content (AvgIpc) is 2.24. The van der Waals surface area contributed by atoms with Crippen LogP contribution < -0.4 is 9.80 Å². The number of rotatable bonds is 2. The zero-order valence-corrected chi connectivity index (χ0v) is 10.1.